The molecule has 0 unspecified atom stereocenters. The molecule has 0 radical (unpaired) electrons. The molecule has 1 aromatic rings. The summed E-state index contributed by atoms with van der Waals surface area (Å²) in [4.78, 5) is 10.3. The van der Waals surface area contributed by atoms with Crippen LogP contribution in [0.25, 0.3) is 0 Å². The van der Waals surface area contributed by atoms with E-state index in [1.165, 1.54) is 11.8 Å². The summed E-state index contributed by atoms with van der Waals surface area (Å²) in [6.45, 7) is 0.665. The van der Waals surface area contributed by atoms with Crippen molar-refractivity contribution in [3.63, 3.8) is 0 Å². The van der Waals surface area contributed by atoms with Gasteiger partial charge in [0.25, 0.3) is 0 Å². The number of anilines is 2. The number of halogens is 3. The van der Waals surface area contributed by atoms with Gasteiger partial charge in [-0.1, -0.05) is 11.8 Å². The maximum atomic E-state index is 12.6. The van der Waals surface area contributed by atoms with Gasteiger partial charge in [0, 0.05) is 19.2 Å². The first-order valence-electron chi connectivity index (χ1n) is 6.15. The van der Waals surface area contributed by atoms with Gasteiger partial charge in [0.15, 0.2) is 5.16 Å². The standard InChI is InChI=1S/C11H16F3N5S/c1-20-10-16-8(18-15)6-9(17-10)19-4-2-7(3-5-19)11(12,13)14/h6-7H,2-5,15H2,1H3,(H,16,17,18). The Balaban J connectivity index is 2.10. The van der Waals surface area contributed by atoms with E-state index in [0.29, 0.717) is 29.9 Å². The molecule has 9 heteroatoms. The number of nitrogen functional groups attached to an aromatic ring is 1. The number of nitrogens with two attached hydrogens (primary N) is 1. The smallest absolute Gasteiger partial charge is 0.356 e. The zero-order chi connectivity index (χ0) is 14.8. The predicted molar refractivity (Wildman–Crippen MR) is 72.6 cm³/mol. The summed E-state index contributed by atoms with van der Waals surface area (Å²) in [6, 6.07) is 1.65. The van der Waals surface area contributed by atoms with E-state index in [2.05, 4.69) is 15.4 Å². The molecule has 0 amide bonds. The number of thioether (sulfide) groups is 1. The quantitative estimate of drug-likeness (QED) is 0.386. The number of rotatable bonds is 3. The van der Waals surface area contributed by atoms with E-state index >= 15 is 0 Å². The first kappa shape index (κ1) is 15.2. The third kappa shape index (κ3) is 3.45. The molecule has 1 fully saturated rings. The average molecular weight is 307 g/mol. The Morgan fingerprint density at radius 3 is 2.50 bits per heavy atom. The Labute approximate surface area is 119 Å². The molecule has 2 heterocycles. The number of aromatic nitrogens is 2. The van der Waals surface area contributed by atoms with Crippen LogP contribution in [0.5, 0.6) is 0 Å². The van der Waals surface area contributed by atoms with Gasteiger partial charge < -0.3 is 10.3 Å². The zero-order valence-corrected chi connectivity index (χ0v) is 11.8. The molecule has 112 valence electrons. The highest BCUT2D eigenvalue weighted by atomic mass is 32.2. The molecule has 1 aromatic heterocycles. The van der Waals surface area contributed by atoms with Gasteiger partial charge in [0.05, 0.1) is 5.92 Å². The summed E-state index contributed by atoms with van der Waals surface area (Å²) < 4.78 is 37.9. The van der Waals surface area contributed by atoms with Crippen LogP contribution < -0.4 is 16.2 Å². The number of piperidine rings is 1. The molecular formula is C11H16F3N5S. The number of hydrogen-bond acceptors (Lipinski definition) is 6. The van der Waals surface area contributed by atoms with Gasteiger partial charge in [-0.25, -0.2) is 15.8 Å². The minimum atomic E-state index is -4.10. The lowest BCUT2D eigenvalue weighted by atomic mass is 9.96. The first-order chi connectivity index (χ1) is 9.44. The average Bonchev–Trinajstić information content (AvgIpc) is 2.46. The van der Waals surface area contributed by atoms with Crippen molar-refractivity contribution < 1.29 is 13.2 Å². The van der Waals surface area contributed by atoms with Gasteiger partial charge in [-0.2, -0.15) is 13.2 Å². The highest BCUT2D eigenvalue weighted by Crippen LogP contribution is 2.35. The van der Waals surface area contributed by atoms with Gasteiger partial charge in [-0.3, -0.25) is 0 Å². The minimum absolute atomic E-state index is 0.0908. The van der Waals surface area contributed by atoms with E-state index < -0.39 is 12.1 Å². The van der Waals surface area contributed by atoms with Crippen molar-refractivity contribution in [3.05, 3.63) is 6.07 Å². The van der Waals surface area contributed by atoms with Crippen molar-refractivity contribution in [2.45, 2.75) is 24.2 Å². The molecule has 20 heavy (non-hydrogen) atoms. The lowest BCUT2D eigenvalue weighted by Gasteiger charge is -2.33. The Bertz CT molecular complexity index is 438. The molecule has 0 aromatic carbocycles. The molecule has 0 atom stereocenters. The molecule has 0 spiro atoms. The molecule has 1 aliphatic heterocycles. The fraction of sp³-hybridized carbons (Fsp3) is 0.636. The molecule has 2 rings (SSSR count). The predicted octanol–water partition coefficient (Wildman–Crippen LogP) is 2.26. The van der Waals surface area contributed by atoms with Crippen LogP contribution in [0, 0.1) is 5.92 Å². The van der Waals surface area contributed by atoms with Crippen molar-refractivity contribution >= 4 is 23.4 Å². The first-order valence-corrected chi connectivity index (χ1v) is 7.38. The normalized spacial score (nSPS) is 17.4. The molecule has 0 saturated carbocycles. The Morgan fingerprint density at radius 2 is 2.00 bits per heavy atom. The van der Waals surface area contributed by atoms with Crippen LogP contribution in [0.15, 0.2) is 11.2 Å². The Kier molecular flexibility index (Phi) is 4.59. The molecular weight excluding hydrogens is 291 g/mol. The fourth-order valence-electron chi connectivity index (χ4n) is 2.18. The molecule has 1 aliphatic rings. The van der Waals surface area contributed by atoms with Crippen LogP contribution in [-0.2, 0) is 0 Å². The van der Waals surface area contributed by atoms with Gasteiger partial charge in [0.1, 0.15) is 11.6 Å². The van der Waals surface area contributed by atoms with Crippen molar-refractivity contribution in [2.24, 2.45) is 11.8 Å². The van der Waals surface area contributed by atoms with E-state index in [1.54, 1.807) is 6.07 Å². The maximum absolute atomic E-state index is 12.6. The number of hydrazine groups is 1. The second-order valence-corrected chi connectivity index (χ2v) is 5.32. The largest absolute Gasteiger partial charge is 0.391 e. The number of hydrogen-bond donors (Lipinski definition) is 2. The molecule has 0 aliphatic carbocycles. The lowest BCUT2D eigenvalue weighted by molar-refractivity contribution is -0.179. The summed E-state index contributed by atoms with van der Waals surface area (Å²) in [5.41, 5.74) is 2.44. The van der Waals surface area contributed by atoms with E-state index in [9.17, 15) is 13.2 Å². The van der Waals surface area contributed by atoms with E-state index in [4.69, 9.17) is 5.84 Å². The molecule has 1 saturated heterocycles. The monoisotopic (exact) mass is 307 g/mol. The van der Waals surface area contributed by atoms with Gasteiger partial charge >= 0.3 is 6.18 Å². The third-order valence-electron chi connectivity index (χ3n) is 3.30. The SMILES string of the molecule is CSc1nc(NN)cc(N2CCC(C(F)(F)F)CC2)n1. The second kappa shape index (κ2) is 6.04. The molecule has 5 nitrogen and oxygen atoms in total. The highest BCUT2D eigenvalue weighted by Gasteiger charge is 2.41. The van der Waals surface area contributed by atoms with Crippen LogP contribution in [0.2, 0.25) is 0 Å². The number of alkyl halides is 3. The summed E-state index contributed by atoms with van der Waals surface area (Å²) in [7, 11) is 0. The Hall–Kier alpha value is -1.22. The van der Waals surface area contributed by atoms with Crippen LogP contribution in [0.4, 0.5) is 24.8 Å². The molecule has 0 bridgehead atoms. The maximum Gasteiger partial charge on any atom is 0.391 e. The minimum Gasteiger partial charge on any atom is -0.356 e. The van der Waals surface area contributed by atoms with Crippen molar-refractivity contribution in [1.29, 1.82) is 0 Å². The van der Waals surface area contributed by atoms with Crippen molar-refractivity contribution in [1.82, 2.24) is 9.97 Å². The second-order valence-electron chi connectivity index (χ2n) is 4.55. The summed E-state index contributed by atoms with van der Waals surface area (Å²) in [6.07, 6.45) is -2.09. The summed E-state index contributed by atoms with van der Waals surface area (Å²) in [5.74, 6) is 5.18. The third-order valence-corrected chi connectivity index (χ3v) is 3.85. The van der Waals surface area contributed by atoms with Gasteiger partial charge in [0.2, 0.25) is 0 Å². The number of nitrogens with zero attached hydrogens (tertiary/aromatic N) is 3. The fourth-order valence-corrected chi connectivity index (χ4v) is 2.55. The van der Waals surface area contributed by atoms with Crippen LogP contribution in [0.3, 0.4) is 0 Å². The summed E-state index contributed by atoms with van der Waals surface area (Å²) in [5, 5.41) is 0.536. The van der Waals surface area contributed by atoms with Gasteiger partial charge in [-0.05, 0) is 19.1 Å². The van der Waals surface area contributed by atoms with Crippen LogP contribution in [0.1, 0.15) is 12.8 Å². The zero-order valence-electron chi connectivity index (χ0n) is 10.9. The van der Waals surface area contributed by atoms with E-state index in [1.807, 2.05) is 11.2 Å². The van der Waals surface area contributed by atoms with E-state index in [-0.39, 0.29) is 12.8 Å². The van der Waals surface area contributed by atoms with Crippen molar-refractivity contribution in [3.8, 4) is 0 Å². The van der Waals surface area contributed by atoms with Crippen LogP contribution >= 0.6 is 11.8 Å². The lowest BCUT2D eigenvalue weighted by Crippen LogP contribution is -2.39. The van der Waals surface area contributed by atoms with Gasteiger partial charge in [-0.15, -0.1) is 0 Å². The van der Waals surface area contributed by atoms with Crippen molar-refractivity contribution in [2.75, 3.05) is 29.7 Å². The number of nitrogens with one attached hydrogen (secondary N) is 1. The topological polar surface area (TPSA) is 67.1 Å². The molecule has 3 N–H and O–H groups in total. The van der Waals surface area contributed by atoms with E-state index in [0.717, 1.165) is 0 Å². The Morgan fingerprint density at radius 1 is 1.35 bits per heavy atom. The summed E-state index contributed by atoms with van der Waals surface area (Å²) >= 11 is 1.36. The highest BCUT2D eigenvalue weighted by molar-refractivity contribution is 7.98. The van der Waals surface area contributed by atoms with Crippen LogP contribution in [-0.4, -0.2) is 35.5 Å².